The normalized spacial score (nSPS) is 13.8. The van der Waals surface area contributed by atoms with E-state index in [-0.39, 0.29) is 0 Å². The highest BCUT2D eigenvalue weighted by molar-refractivity contribution is 6.19. The summed E-state index contributed by atoms with van der Waals surface area (Å²) < 4.78 is 31.4. The number of pyridine rings is 1. The quantitative estimate of drug-likeness (QED) is 0.329. The molecule has 0 aliphatic heterocycles. The summed E-state index contributed by atoms with van der Waals surface area (Å²) in [4.78, 5) is 0. The molecule has 2 nitrogen and oxygen atoms in total. The first kappa shape index (κ1) is 13.1. The van der Waals surface area contributed by atoms with Gasteiger partial charge in [0.25, 0.3) is 0 Å². The van der Waals surface area contributed by atoms with Crippen LogP contribution >= 0.6 is 0 Å². The average Bonchev–Trinajstić information content (AvgIpc) is 3.05. The zero-order chi connectivity index (χ0) is 21.2. The summed E-state index contributed by atoms with van der Waals surface area (Å²) in [6.07, 6.45) is 1.73. The lowest BCUT2D eigenvalue weighted by Gasteiger charge is -2.07. The Morgan fingerprint density at radius 3 is 2.56 bits per heavy atom. The first-order valence-electron chi connectivity index (χ1n) is 10.6. The van der Waals surface area contributed by atoms with E-state index in [2.05, 4.69) is 37.3 Å². The van der Waals surface area contributed by atoms with Gasteiger partial charge in [-0.2, -0.15) is 0 Å². The average molecular weight is 355 g/mol. The highest BCUT2D eigenvalue weighted by Crippen LogP contribution is 2.37. The van der Waals surface area contributed by atoms with Crippen LogP contribution in [0.1, 0.15) is 20.8 Å². The molecule has 0 aliphatic carbocycles. The van der Waals surface area contributed by atoms with Gasteiger partial charge in [0.15, 0.2) is 6.20 Å². The monoisotopic (exact) mass is 355 g/mol. The van der Waals surface area contributed by atoms with Crippen LogP contribution in [0.3, 0.4) is 0 Å². The van der Waals surface area contributed by atoms with E-state index in [4.69, 9.17) is 8.53 Å². The summed E-state index contributed by atoms with van der Waals surface area (Å²) >= 11 is 0. The maximum absolute atomic E-state index is 7.79. The van der Waals surface area contributed by atoms with Crippen molar-refractivity contribution >= 4 is 32.7 Å². The van der Waals surface area contributed by atoms with Gasteiger partial charge in [0.2, 0.25) is 5.69 Å². The predicted molar refractivity (Wildman–Crippen MR) is 112 cm³/mol. The van der Waals surface area contributed by atoms with Crippen molar-refractivity contribution in [2.45, 2.75) is 20.7 Å². The lowest BCUT2D eigenvalue weighted by atomic mass is 9.97. The van der Waals surface area contributed by atoms with Gasteiger partial charge in [-0.1, -0.05) is 30.3 Å². The fourth-order valence-electron chi connectivity index (χ4n) is 3.99. The summed E-state index contributed by atoms with van der Waals surface area (Å²) in [6.45, 7) is 1.80. The van der Waals surface area contributed by atoms with Crippen molar-refractivity contribution in [3.05, 3.63) is 77.5 Å². The minimum atomic E-state index is -2.13. The molecule has 0 spiro atoms. The largest absolute Gasteiger partial charge is 0.456 e. The molecule has 0 fully saturated rings. The van der Waals surface area contributed by atoms with Crippen LogP contribution < -0.4 is 4.57 Å². The number of hydrogen-bond donors (Lipinski definition) is 0. The van der Waals surface area contributed by atoms with Gasteiger partial charge in [-0.3, -0.25) is 0 Å². The highest BCUT2D eigenvalue weighted by Gasteiger charge is 2.18. The number of fused-ring (bicyclic) bond motifs is 5. The fraction of sp³-hybridized carbons (Fsp3) is 0.160. The van der Waals surface area contributed by atoms with E-state index < -0.39 is 6.85 Å². The minimum Gasteiger partial charge on any atom is -0.456 e. The van der Waals surface area contributed by atoms with Gasteiger partial charge in [0.05, 0.1) is 0 Å². The van der Waals surface area contributed by atoms with Gasteiger partial charge in [-0.15, -0.1) is 0 Å². The Bertz CT molecular complexity index is 1460. The zero-order valence-corrected chi connectivity index (χ0v) is 15.6. The van der Waals surface area contributed by atoms with Gasteiger partial charge in [0, 0.05) is 32.1 Å². The molecule has 2 aromatic heterocycles. The van der Waals surface area contributed by atoms with E-state index in [1.54, 1.807) is 6.20 Å². The van der Waals surface area contributed by atoms with E-state index >= 15 is 0 Å². The second-order valence-corrected chi connectivity index (χ2v) is 7.29. The van der Waals surface area contributed by atoms with Crippen molar-refractivity contribution in [3.8, 4) is 11.3 Å². The third kappa shape index (κ3) is 2.37. The Labute approximate surface area is 162 Å². The SMILES string of the molecule is [2H]C([2H])([2H])c1c[n+](C)c(-c2cc3c(cc2C)oc2ccc4ccccc4c23)cc1C. The number of benzene rings is 3. The summed E-state index contributed by atoms with van der Waals surface area (Å²) in [5, 5.41) is 4.53. The summed E-state index contributed by atoms with van der Waals surface area (Å²) in [5.74, 6) is 0. The molecule has 27 heavy (non-hydrogen) atoms. The van der Waals surface area contributed by atoms with E-state index in [0.29, 0.717) is 5.56 Å². The molecule has 0 bridgehead atoms. The van der Waals surface area contributed by atoms with Gasteiger partial charge >= 0.3 is 0 Å². The number of rotatable bonds is 1. The van der Waals surface area contributed by atoms with Crippen LogP contribution in [0, 0.1) is 20.7 Å². The van der Waals surface area contributed by atoms with Crippen LogP contribution in [0.15, 0.2) is 65.2 Å². The highest BCUT2D eigenvalue weighted by atomic mass is 16.3. The molecular weight excluding hydrogens is 330 g/mol. The predicted octanol–water partition coefficient (Wildman–Crippen LogP) is 6.16. The number of nitrogens with zero attached hydrogens (tertiary/aromatic N) is 1. The molecular formula is C25H22NO+. The van der Waals surface area contributed by atoms with E-state index in [0.717, 1.165) is 44.3 Å². The molecule has 2 heteroatoms. The summed E-state index contributed by atoms with van der Waals surface area (Å²) in [5.41, 5.74) is 6.02. The molecule has 0 aliphatic rings. The first-order chi connectivity index (χ1) is 14.2. The van der Waals surface area contributed by atoms with Gasteiger partial charge in [0.1, 0.15) is 18.2 Å². The van der Waals surface area contributed by atoms with Crippen molar-refractivity contribution in [1.29, 1.82) is 0 Å². The summed E-state index contributed by atoms with van der Waals surface area (Å²) in [6, 6.07) is 18.7. The molecule has 3 aromatic carbocycles. The van der Waals surface area contributed by atoms with Gasteiger partial charge in [-0.05, 0) is 60.8 Å². The Morgan fingerprint density at radius 1 is 0.852 bits per heavy atom. The van der Waals surface area contributed by atoms with Crippen molar-refractivity contribution in [1.82, 2.24) is 0 Å². The molecule has 5 rings (SSSR count). The molecule has 0 radical (unpaired) electrons. The van der Waals surface area contributed by atoms with Crippen molar-refractivity contribution in [3.63, 3.8) is 0 Å². The molecule has 0 saturated carbocycles. The van der Waals surface area contributed by atoms with Crippen LogP contribution in [0.5, 0.6) is 0 Å². The molecule has 132 valence electrons. The zero-order valence-electron chi connectivity index (χ0n) is 18.6. The van der Waals surface area contributed by atoms with E-state index in [1.807, 2.05) is 42.8 Å². The Morgan fingerprint density at radius 2 is 1.70 bits per heavy atom. The molecule has 0 unspecified atom stereocenters. The second kappa shape index (κ2) is 5.68. The molecule has 0 N–H and O–H groups in total. The van der Waals surface area contributed by atoms with E-state index in [9.17, 15) is 0 Å². The molecule has 0 saturated heterocycles. The van der Waals surface area contributed by atoms with E-state index in [1.165, 1.54) is 10.8 Å². The smallest absolute Gasteiger partial charge is 0.212 e. The minimum absolute atomic E-state index is 0.382. The van der Waals surface area contributed by atoms with Gasteiger partial charge in [-0.25, -0.2) is 4.57 Å². The third-order valence-electron chi connectivity index (χ3n) is 5.46. The summed E-state index contributed by atoms with van der Waals surface area (Å²) in [7, 11) is 1.90. The van der Waals surface area contributed by atoms with Crippen LogP contribution in [0.2, 0.25) is 0 Å². The van der Waals surface area contributed by atoms with Crippen LogP contribution in [-0.4, -0.2) is 0 Å². The molecule has 0 amide bonds. The van der Waals surface area contributed by atoms with Crippen LogP contribution in [0.4, 0.5) is 0 Å². The van der Waals surface area contributed by atoms with Crippen LogP contribution in [-0.2, 0) is 7.05 Å². The van der Waals surface area contributed by atoms with Crippen LogP contribution in [0.25, 0.3) is 44.0 Å². The number of hydrogen-bond acceptors (Lipinski definition) is 1. The molecule has 5 aromatic rings. The Balaban J connectivity index is 1.82. The first-order valence-corrected chi connectivity index (χ1v) is 9.10. The lowest BCUT2D eigenvalue weighted by Crippen LogP contribution is -2.31. The third-order valence-corrected chi connectivity index (χ3v) is 5.46. The number of furan rings is 1. The van der Waals surface area contributed by atoms with Gasteiger partial charge < -0.3 is 4.42 Å². The molecule has 2 heterocycles. The number of aromatic nitrogens is 1. The maximum Gasteiger partial charge on any atom is 0.212 e. The number of aryl methyl sites for hydroxylation is 4. The standard InChI is InChI=1S/C25H22NO/c1-15-11-22(26(4)14-17(15)3)20-13-21-24(12-16(20)2)27-23-10-9-18-7-5-6-8-19(18)25(21)23/h5-14H,1-4H3/q+1/i3D3. The van der Waals surface area contributed by atoms with Crippen molar-refractivity contribution < 1.29 is 13.1 Å². The topological polar surface area (TPSA) is 17.0 Å². The van der Waals surface area contributed by atoms with Crippen molar-refractivity contribution in [2.75, 3.05) is 0 Å². The Kier molecular flexibility index (Phi) is 2.76. The molecule has 0 atom stereocenters. The maximum atomic E-state index is 7.79. The fourth-order valence-corrected chi connectivity index (χ4v) is 3.99. The lowest BCUT2D eigenvalue weighted by molar-refractivity contribution is -0.660. The Hall–Kier alpha value is -3.13. The van der Waals surface area contributed by atoms with Crippen molar-refractivity contribution in [2.24, 2.45) is 7.05 Å². The second-order valence-electron chi connectivity index (χ2n) is 7.29.